The summed E-state index contributed by atoms with van der Waals surface area (Å²) in [6.45, 7) is 3.06. The Morgan fingerprint density at radius 2 is 1.08 bits per heavy atom. The zero-order valence-electron chi connectivity index (χ0n) is 26.0. The van der Waals surface area contributed by atoms with E-state index in [1.165, 1.54) is 0 Å². The van der Waals surface area contributed by atoms with E-state index in [4.69, 9.17) is 46.4 Å². The van der Waals surface area contributed by atoms with Crippen molar-refractivity contribution in [1.82, 2.24) is 14.2 Å². The molecule has 4 aromatic rings. The van der Waals surface area contributed by atoms with Gasteiger partial charge in [-0.25, -0.2) is 9.80 Å². The second-order valence-electron chi connectivity index (χ2n) is 13.3. The van der Waals surface area contributed by atoms with Crippen LogP contribution in [0.4, 0.5) is 16.2 Å². The van der Waals surface area contributed by atoms with Crippen LogP contribution in [0.1, 0.15) is 70.9 Å². The van der Waals surface area contributed by atoms with Crippen LogP contribution in [0.25, 0.3) is 0 Å². The van der Waals surface area contributed by atoms with Gasteiger partial charge < -0.3 is 5.11 Å². The molecular weight excluding hydrogens is 706 g/mol. The van der Waals surface area contributed by atoms with Gasteiger partial charge in [0.15, 0.2) is 0 Å². The molecule has 0 bridgehead atoms. The Morgan fingerprint density at radius 1 is 0.667 bits per heavy atom. The molecule has 0 saturated heterocycles. The summed E-state index contributed by atoms with van der Waals surface area (Å²) in [5, 5.41) is 14.7. The molecule has 0 spiro atoms. The standard InChI is InChI=1S/C37H34Cl4N4O2S/c38-21-13-27-29(17-42(23-9-10-23)19-31(27)33(40)15-21)25-5-1-3-7-35(25)44(45(48)37(46)47)36-8-4-2-6-26(36)30-18-43(24-11-12-24)20-32-28(30)14-22(39)16-34(32)41/h1-8,13-16,23-24,29-30,48H,9-12,17-20H2,(H,46,47)/t29-,30-/m0/s1. The first-order chi connectivity index (χ1) is 23.2. The molecule has 48 heavy (non-hydrogen) atoms. The number of rotatable bonds is 7. The lowest BCUT2D eigenvalue weighted by atomic mass is 9.82. The molecule has 2 atom stereocenters. The summed E-state index contributed by atoms with van der Waals surface area (Å²) in [6.07, 6.45) is 3.44. The Hall–Kier alpha value is -2.62. The number of benzene rings is 4. The zero-order valence-corrected chi connectivity index (χ0v) is 29.9. The van der Waals surface area contributed by atoms with Gasteiger partial charge in [-0.1, -0.05) is 82.8 Å². The van der Waals surface area contributed by atoms with Crippen molar-refractivity contribution in [1.29, 1.82) is 0 Å². The lowest BCUT2D eigenvalue weighted by Crippen LogP contribution is -2.40. The highest BCUT2D eigenvalue weighted by atomic mass is 35.5. The maximum atomic E-state index is 12.9. The quantitative estimate of drug-likeness (QED) is 0.146. The maximum absolute atomic E-state index is 12.9. The number of carbonyl (C=O) groups is 1. The number of anilines is 2. The molecule has 1 amide bonds. The van der Waals surface area contributed by atoms with Gasteiger partial charge in [-0.2, -0.15) is 4.41 Å². The maximum Gasteiger partial charge on any atom is 0.437 e. The molecule has 248 valence electrons. The fraction of sp³-hybridized carbons (Fsp3) is 0.324. The first kappa shape index (κ1) is 32.6. The lowest BCUT2D eigenvalue weighted by Gasteiger charge is -2.40. The molecule has 6 nitrogen and oxygen atoms in total. The van der Waals surface area contributed by atoms with E-state index in [1.807, 2.05) is 60.7 Å². The summed E-state index contributed by atoms with van der Waals surface area (Å²) in [5.41, 5.74) is 7.63. The number of thiol groups is 1. The first-order valence-corrected chi connectivity index (χ1v) is 18.2. The van der Waals surface area contributed by atoms with Crippen LogP contribution >= 0.6 is 59.2 Å². The fourth-order valence-electron chi connectivity index (χ4n) is 7.74. The molecule has 2 saturated carbocycles. The van der Waals surface area contributed by atoms with Crippen LogP contribution in [-0.2, 0) is 13.1 Å². The van der Waals surface area contributed by atoms with Crippen molar-refractivity contribution in [2.24, 2.45) is 0 Å². The zero-order chi connectivity index (χ0) is 33.3. The van der Waals surface area contributed by atoms with Gasteiger partial charge in [0.2, 0.25) is 0 Å². The number of nitrogens with zero attached hydrogens (tertiary/aromatic N) is 4. The minimum Gasteiger partial charge on any atom is -0.463 e. The van der Waals surface area contributed by atoms with Crippen LogP contribution in [-0.4, -0.2) is 50.6 Å². The summed E-state index contributed by atoms with van der Waals surface area (Å²) in [6, 6.07) is 24.7. The van der Waals surface area contributed by atoms with E-state index in [0.29, 0.717) is 43.5 Å². The van der Waals surface area contributed by atoms with Gasteiger partial charge in [0.05, 0.1) is 11.4 Å². The Bertz CT molecular complexity index is 1790. The number of halogens is 4. The van der Waals surface area contributed by atoms with Crippen LogP contribution in [0.5, 0.6) is 0 Å². The summed E-state index contributed by atoms with van der Waals surface area (Å²) < 4.78 is 0.984. The molecule has 0 unspecified atom stereocenters. The Kier molecular flexibility index (Phi) is 8.77. The van der Waals surface area contributed by atoms with Crippen LogP contribution < -0.4 is 5.01 Å². The molecule has 0 aromatic heterocycles. The van der Waals surface area contributed by atoms with Crippen molar-refractivity contribution in [3.63, 3.8) is 0 Å². The summed E-state index contributed by atoms with van der Waals surface area (Å²) in [5.74, 6) is -0.212. The predicted molar refractivity (Wildman–Crippen MR) is 197 cm³/mol. The van der Waals surface area contributed by atoms with Crippen LogP contribution in [0.15, 0.2) is 72.8 Å². The minimum absolute atomic E-state index is 0.106. The summed E-state index contributed by atoms with van der Waals surface area (Å²) in [7, 11) is 0. The van der Waals surface area contributed by atoms with Gasteiger partial charge in [-0.05, 0) is 108 Å². The van der Waals surface area contributed by atoms with Crippen molar-refractivity contribution in [2.45, 2.75) is 62.7 Å². The molecule has 2 fully saturated rings. The van der Waals surface area contributed by atoms with Crippen LogP contribution in [0, 0.1) is 0 Å². The highest BCUT2D eigenvalue weighted by Gasteiger charge is 2.40. The SMILES string of the molecule is O=C(O)N(S)N(c1ccccc1[C@@H]1CN(C2CC2)Cc2c(Cl)cc(Cl)cc21)c1ccccc1[C@@H]1CN(C2CC2)Cc2c(Cl)cc(Cl)cc21. The van der Waals surface area contributed by atoms with Crippen molar-refractivity contribution < 1.29 is 9.90 Å². The van der Waals surface area contributed by atoms with Gasteiger partial charge in [-0.3, -0.25) is 9.80 Å². The average molecular weight is 741 g/mol. The Balaban J connectivity index is 1.30. The van der Waals surface area contributed by atoms with Crippen molar-refractivity contribution in [2.75, 3.05) is 18.1 Å². The number of hydrazine groups is 1. The normalized spacial score (nSPS) is 21.0. The van der Waals surface area contributed by atoms with Gasteiger partial charge in [0, 0.05) is 70.2 Å². The van der Waals surface area contributed by atoms with E-state index < -0.39 is 6.09 Å². The van der Waals surface area contributed by atoms with E-state index in [2.05, 4.69) is 34.7 Å². The molecule has 2 aliphatic carbocycles. The largest absolute Gasteiger partial charge is 0.463 e. The second-order valence-corrected chi connectivity index (χ2v) is 15.4. The van der Waals surface area contributed by atoms with Gasteiger partial charge in [0.25, 0.3) is 0 Å². The van der Waals surface area contributed by atoms with Crippen molar-refractivity contribution >= 4 is 76.7 Å². The number of fused-ring (bicyclic) bond motifs is 2. The van der Waals surface area contributed by atoms with Crippen LogP contribution in [0.3, 0.4) is 0 Å². The monoisotopic (exact) mass is 738 g/mol. The molecule has 2 heterocycles. The third-order valence-electron chi connectivity index (χ3n) is 10.3. The van der Waals surface area contributed by atoms with Gasteiger partial charge in [-0.15, -0.1) is 0 Å². The third kappa shape index (κ3) is 6.06. The van der Waals surface area contributed by atoms with Crippen molar-refractivity contribution in [3.05, 3.63) is 126 Å². The number of hydrogen-bond donors (Lipinski definition) is 2. The topological polar surface area (TPSA) is 50.3 Å². The second kappa shape index (κ2) is 12.9. The first-order valence-electron chi connectivity index (χ1n) is 16.3. The third-order valence-corrected chi connectivity index (χ3v) is 11.7. The summed E-state index contributed by atoms with van der Waals surface area (Å²) >= 11 is 31.5. The van der Waals surface area contributed by atoms with Crippen molar-refractivity contribution in [3.8, 4) is 0 Å². The number of amides is 1. The predicted octanol–water partition coefficient (Wildman–Crippen LogP) is 10.4. The summed E-state index contributed by atoms with van der Waals surface area (Å²) in [4.78, 5) is 17.9. The molecule has 4 aromatic carbocycles. The number of para-hydroxylation sites is 2. The highest BCUT2D eigenvalue weighted by Crippen LogP contribution is 2.49. The lowest BCUT2D eigenvalue weighted by molar-refractivity contribution is 0.176. The van der Waals surface area contributed by atoms with Crippen LogP contribution in [0.2, 0.25) is 20.1 Å². The molecule has 4 aliphatic rings. The van der Waals surface area contributed by atoms with Gasteiger partial charge >= 0.3 is 6.09 Å². The fourth-order valence-corrected chi connectivity index (χ4v) is 9.07. The van der Waals surface area contributed by atoms with E-state index in [9.17, 15) is 9.90 Å². The van der Waals surface area contributed by atoms with Gasteiger partial charge in [0.1, 0.15) is 0 Å². The minimum atomic E-state index is -1.20. The highest BCUT2D eigenvalue weighted by molar-refractivity contribution is 7.78. The van der Waals surface area contributed by atoms with E-state index in [1.54, 1.807) is 5.01 Å². The molecule has 2 aliphatic heterocycles. The molecule has 1 N–H and O–H groups in total. The molecular formula is C37H34Cl4N4O2S. The van der Waals surface area contributed by atoms with E-state index in [0.717, 1.165) is 89.7 Å². The number of hydrogen-bond acceptors (Lipinski definition) is 5. The average Bonchev–Trinajstić information content (AvgIpc) is 3.99. The van der Waals surface area contributed by atoms with E-state index in [-0.39, 0.29) is 11.8 Å². The Morgan fingerprint density at radius 3 is 1.48 bits per heavy atom. The molecule has 0 radical (unpaired) electrons. The Labute approximate surface area is 306 Å². The van der Waals surface area contributed by atoms with E-state index >= 15 is 0 Å². The smallest absolute Gasteiger partial charge is 0.437 e. The number of carboxylic acid groups (broad SMARTS) is 1. The molecule has 8 rings (SSSR count). The molecule has 11 heteroatoms.